The maximum absolute atomic E-state index is 5.89. The molecule has 5 heteroatoms. The fourth-order valence-corrected chi connectivity index (χ4v) is 3.44. The number of nitrogens with zero attached hydrogens (tertiary/aromatic N) is 2. The summed E-state index contributed by atoms with van der Waals surface area (Å²) >= 11 is 0. The fraction of sp³-hybridized carbons (Fsp3) is 0.471. The van der Waals surface area contributed by atoms with Crippen LogP contribution in [0.1, 0.15) is 19.3 Å². The lowest BCUT2D eigenvalue weighted by atomic mass is 9.89. The Balaban J connectivity index is 1.32. The number of benzene rings is 1. The van der Waals surface area contributed by atoms with Crippen molar-refractivity contribution in [1.82, 2.24) is 9.78 Å². The van der Waals surface area contributed by atoms with Gasteiger partial charge in [0.2, 0.25) is 0 Å². The number of rotatable bonds is 5. The SMILES string of the molecule is Cn1cc(Oc2ccc(NCC3CC4CCC3O4)cc2)cn1. The zero-order valence-corrected chi connectivity index (χ0v) is 12.7. The first-order valence-electron chi connectivity index (χ1n) is 7.92. The van der Waals surface area contributed by atoms with E-state index in [2.05, 4.69) is 22.5 Å². The van der Waals surface area contributed by atoms with Crippen LogP contribution in [0.15, 0.2) is 36.7 Å². The number of ether oxygens (including phenoxy) is 2. The number of aromatic nitrogens is 2. The largest absolute Gasteiger partial charge is 0.454 e. The minimum Gasteiger partial charge on any atom is -0.454 e. The molecule has 3 atom stereocenters. The highest BCUT2D eigenvalue weighted by Crippen LogP contribution is 2.38. The van der Waals surface area contributed by atoms with Crippen molar-refractivity contribution in [2.75, 3.05) is 11.9 Å². The molecule has 116 valence electrons. The van der Waals surface area contributed by atoms with Crippen LogP contribution in [0.3, 0.4) is 0 Å². The van der Waals surface area contributed by atoms with Gasteiger partial charge in [-0.3, -0.25) is 4.68 Å². The van der Waals surface area contributed by atoms with Crippen molar-refractivity contribution in [2.45, 2.75) is 31.5 Å². The quantitative estimate of drug-likeness (QED) is 0.921. The maximum atomic E-state index is 5.89. The number of anilines is 1. The fourth-order valence-electron chi connectivity index (χ4n) is 3.44. The van der Waals surface area contributed by atoms with E-state index in [1.165, 1.54) is 19.3 Å². The Morgan fingerprint density at radius 3 is 2.77 bits per heavy atom. The highest BCUT2D eigenvalue weighted by atomic mass is 16.5. The van der Waals surface area contributed by atoms with E-state index >= 15 is 0 Å². The van der Waals surface area contributed by atoms with Crippen molar-refractivity contribution in [1.29, 1.82) is 0 Å². The van der Waals surface area contributed by atoms with Crippen LogP contribution in [0, 0.1) is 5.92 Å². The molecule has 2 aromatic rings. The molecule has 1 aromatic carbocycles. The van der Waals surface area contributed by atoms with Gasteiger partial charge >= 0.3 is 0 Å². The lowest BCUT2D eigenvalue weighted by Crippen LogP contribution is -2.24. The summed E-state index contributed by atoms with van der Waals surface area (Å²) in [7, 11) is 1.87. The predicted octanol–water partition coefficient (Wildman–Crippen LogP) is 3.19. The van der Waals surface area contributed by atoms with Crippen LogP contribution in [0.4, 0.5) is 5.69 Å². The summed E-state index contributed by atoms with van der Waals surface area (Å²) in [5.41, 5.74) is 1.13. The summed E-state index contributed by atoms with van der Waals surface area (Å²) in [6.45, 7) is 0.990. The molecule has 22 heavy (non-hydrogen) atoms. The second kappa shape index (κ2) is 5.65. The van der Waals surface area contributed by atoms with Gasteiger partial charge in [0, 0.05) is 25.2 Å². The van der Waals surface area contributed by atoms with Crippen LogP contribution in [0.2, 0.25) is 0 Å². The zero-order valence-electron chi connectivity index (χ0n) is 12.7. The molecule has 0 radical (unpaired) electrons. The van der Waals surface area contributed by atoms with E-state index in [1.807, 2.05) is 25.4 Å². The van der Waals surface area contributed by atoms with Crippen LogP contribution >= 0.6 is 0 Å². The summed E-state index contributed by atoms with van der Waals surface area (Å²) in [6.07, 6.45) is 8.25. The molecule has 2 saturated heterocycles. The molecular formula is C17H21N3O2. The van der Waals surface area contributed by atoms with Crippen molar-refractivity contribution in [3.05, 3.63) is 36.7 Å². The summed E-state index contributed by atoms with van der Waals surface area (Å²) in [5, 5.41) is 7.60. The van der Waals surface area contributed by atoms with Crippen LogP contribution in [0.25, 0.3) is 0 Å². The van der Waals surface area contributed by atoms with Gasteiger partial charge in [-0.2, -0.15) is 5.10 Å². The average molecular weight is 299 g/mol. The Bertz CT molecular complexity index is 638. The number of aryl methyl sites for hydroxylation is 1. The summed E-state index contributed by atoms with van der Waals surface area (Å²) in [4.78, 5) is 0. The molecule has 0 amide bonds. The number of nitrogens with one attached hydrogen (secondary N) is 1. The number of hydrogen-bond acceptors (Lipinski definition) is 4. The Morgan fingerprint density at radius 1 is 1.27 bits per heavy atom. The molecule has 2 fully saturated rings. The highest BCUT2D eigenvalue weighted by molar-refractivity contribution is 5.47. The number of hydrogen-bond donors (Lipinski definition) is 1. The third-order valence-electron chi connectivity index (χ3n) is 4.57. The van der Waals surface area contributed by atoms with E-state index in [1.54, 1.807) is 10.9 Å². The van der Waals surface area contributed by atoms with E-state index in [9.17, 15) is 0 Å². The Kier molecular flexibility index (Phi) is 3.50. The van der Waals surface area contributed by atoms with Crippen LogP contribution in [-0.4, -0.2) is 28.5 Å². The van der Waals surface area contributed by atoms with Gasteiger partial charge in [0.1, 0.15) is 5.75 Å². The molecule has 2 bridgehead atoms. The molecule has 2 aliphatic rings. The van der Waals surface area contributed by atoms with Gasteiger partial charge in [0.05, 0.1) is 24.6 Å². The van der Waals surface area contributed by atoms with Crippen LogP contribution in [0.5, 0.6) is 11.5 Å². The van der Waals surface area contributed by atoms with Crippen molar-refractivity contribution in [3.63, 3.8) is 0 Å². The van der Waals surface area contributed by atoms with Gasteiger partial charge in [-0.05, 0) is 43.5 Å². The summed E-state index contributed by atoms with van der Waals surface area (Å²) in [5.74, 6) is 2.23. The molecule has 3 unspecified atom stereocenters. The molecule has 1 N–H and O–H groups in total. The van der Waals surface area contributed by atoms with E-state index in [0.29, 0.717) is 18.1 Å². The molecular weight excluding hydrogens is 278 g/mol. The summed E-state index contributed by atoms with van der Waals surface area (Å²) < 4.78 is 13.4. The predicted molar refractivity (Wildman–Crippen MR) is 84.2 cm³/mol. The molecule has 0 aliphatic carbocycles. The van der Waals surface area contributed by atoms with Crippen molar-refractivity contribution < 1.29 is 9.47 Å². The summed E-state index contributed by atoms with van der Waals surface area (Å²) in [6, 6.07) is 8.07. The second-order valence-electron chi connectivity index (χ2n) is 6.23. The minimum absolute atomic E-state index is 0.477. The van der Waals surface area contributed by atoms with Gasteiger partial charge in [0.25, 0.3) is 0 Å². The first kappa shape index (κ1) is 13.6. The lowest BCUT2D eigenvalue weighted by molar-refractivity contribution is 0.0941. The Labute approximate surface area is 130 Å². The van der Waals surface area contributed by atoms with Gasteiger partial charge in [-0.1, -0.05) is 0 Å². The standard InChI is InChI=1S/C17H21N3O2/c1-20-11-16(10-19-20)21-14-4-2-13(3-5-14)18-9-12-8-15-6-7-17(12)22-15/h2-5,10-12,15,17-18H,6-9H2,1H3. The third kappa shape index (κ3) is 2.81. The molecule has 3 heterocycles. The second-order valence-corrected chi connectivity index (χ2v) is 6.23. The third-order valence-corrected chi connectivity index (χ3v) is 4.57. The minimum atomic E-state index is 0.477. The topological polar surface area (TPSA) is 48.3 Å². The molecule has 0 spiro atoms. The van der Waals surface area contributed by atoms with Gasteiger partial charge in [0.15, 0.2) is 5.75 Å². The molecule has 0 saturated carbocycles. The molecule has 2 aliphatic heterocycles. The molecule has 4 rings (SSSR count). The Hall–Kier alpha value is -2.01. The monoisotopic (exact) mass is 299 g/mol. The lowest BCUT2D eigenvalue weighted by Gasteiger charge is -2.19. The highest BCUT2D eigenvalue weighted by Gasteiger charge is 2.40. The van der Waals surface area contributed by atoms with E-state index < -0.39 is 0 Å². The van der Waals surface area contributed by atoms with Crippen molar-refractivity contribution in [3.8, 4) is 11.5 Å². The first-order chi connectivity index (χ1) is 10.8. The zero-order chi connectivity index (χ0) is 14.9. The van der Waals surface area contributed by atoms with Crippen LogP contribution in [-0.2, 0) is 11.8 Å². The van der Waals surface area contributed by atoms with Crippen molar-refractivity contribution in [2.24, 2.45) is 13.0 Å². The van der Waals surface area contributed by atoms with Gasteiger partial charge in [-0.15, -0.1) is 0 Å². The van der Waals surface area contributed by atoms with E-state index in [0.717, 1.165) is 23.7 Å². The maximum Gasteiger partial charge on any atom is 0.165 e. The number of fused-ring (bicyclic) bond motifs is 2. The van der Waals surface area contributed by atoms with Crippen LogP contribution < -0.4 is 10.1 Å². The van der Waals surface area contributed by atoms with E-state index in [-0.39, 0.29) is 0 Å². The first-order valence-corrected chi connectivity index (χ1v) is 7.92. The molecule has 5 nitrogen and oxygen atoms in total. The normalized spacial score (nSPS) is 26.3. The van der Waals surface area contributed by atoms with Crippen molar-refractivity contribution >= 4 is 5.69 Å². The Morgan fingerprint density at radius 2 is 2.14 bits per heavy atom. The average Bonchev–Trinajstić information content (AvgIpc) is 3.24. The van der Waals surface area contributed by atoms with Gasteiger partial charge < -0.3 is 14.8 Å². The van der Waals surface area contributed by atoms with E-state index in [4.69, 9.17) is 9.47 Å². The smallest absolute Gasteiger partial charge is 0.165 e. The molecule has 1 aromatic heterocycles. The van der Waals surface area contributed by atoms with Gasteiger partial charge in [-0.25, -0.2) is 0 Å².